The van der Waals surface area contributed by atoms with E-state index in [-0.39, 0.29) is 11.3 Å². The zero-order valence-electron chi connectivity index (χ0n) is 14.1. The van der Waals surface area contributed by atoms with Crippen LogP contribution in [0.2, 0.25) is 0 Å². The fraction of sp³-hybridized carbons (Fsp3) is 0.263. The molecule has 1 fully saturated rings. The number of amides is 1. The highest BCUT2D eigenvalue weighted by molar-refractivity contribution is 8.00. The molecular formula is C19H18N2O3S. The Kier molecular flexibility index (Phi) is 5.15. The number of carbonyl (C=O) groups is 1. The second kappa shape index (κ2) is 7.49. The molecule has 0 saturated carbocycles. The van der Waals surface area contributed by atoms with E-state index in [1.165, 1.54) is 0 Å². The second-order valence-electron chi connectivity index (χ2n) is 5.56. The number of hydrogen-bond donors (Lipinski definition) is 0. The molecule has 1 heterocycles. The van der Waals surface area contributed by atoms with Crippen LogP contribution in [0.25, 0.3) is 0 Å². The van der Waals surface area contributed by atoms with E-state index < -0.39 is 0 Å². The van der Waals surface area contributed by atoms with Crippen molar-refractivity contribution >= 4 is 17.7 Å². The molecule has 6 heteroatoms. The summed E-state index contributed by atoms with van der Waals surface area (Å²) in [5, 5.41) is 8.86. The number of rotatable bonds is 5. The average Bonchev–Trinajstić information content (AvgIpc) is 3.02. The molecule has 2 aromatic rings. The van der Waals surface area contributed by atoms with Crippen LogP contribution in [0.3, 0.4) is 0 Å². The largest absolute Gasteiger partial charge is 0.496 e. The molecule has 1 atom stereocenters. The number of nitrogens with zero attached hydrogens (tertiary/aromatic N) is 2. The molecule has 1 unspecified atom stereocenters. The molecular weight excluding hydrogens is 336 g/mol. The number of benzene rings is 2. The monoisotopic (exact) mass is 354 g/mol. The summed E-state index contributed by atoms with van der Waals surface area (Å²) in [5.41, 5.74) is 2.46. The van der Waals surface area contributed by atoms with Gasteiger partial charge in [0.15, 0.2) is 0 Å². The molecule has 1 amide bonds. The standard InChI is InChI=1S/C19H18N2O3S/c1-23-16-4-3-5-17(24-2)15(16)11-21-18(22)12-25-19(21)14-8-6-13(10-20)7-9-14/h3-9,19H,11-12H2,1-2H3. The fourth-order valence-electron chi connectivity index (χ4n) is 2.88. The van der Waals surface area contributed by atoms with E-state index >= 15 is 0 Å². The maximum absolute atomic E-state index is 12.5. The van der Waals surface area contributed by atoms with E-state index in [9.17, 15) is 4.79 Å². The van der Waals surface area contributed by atoms with E-state index in [0.717, 1.165) is 11.1 Å². The summed E-state index contributed by atoms with van der Waals surface area (Å²) < 4.78 is 10.9. The Balaban J connectivity index is 1.92. The summed E-state index contributed by atoms with van der Waals surface area (Å²) in [7, 11) is 3.22. The van der Waals surface area contributed by atoms with Crippen LogP contribution in [0.1, 0.15) is 22.1 Å². The molecule has 1 saturated heterocycles. The van der Waals surface area contributed by atoms with Gasteiger partial charge in [-0.25, -0.2) is 0 Å². The predicted octanol–water partition coefficient (Wildman–Crippen LogP) is 3.35. The van der Waals surface area contributed by atoms with Gasteiger partial charge >= 0.3 is 0 Å². The van der Waals surface area contributed by atoms with Crippen LogP contribution in [0.4, 0.5) is 0 Å². The van der Waals surface area contributed by atoms with Crippen molar-refractivity contribution < 1.29 is 14.3 Å². The zero-order chi connectivity index (χ0) is 17.8. The van der Waals surface area contributed by atoms with Gasteiger partial charge < -0.3 is 14.4 Å². The van der Waals surface area contributed by atoms with E-state index in [2.05, 4.69) is 6.07 Å². The average molecular weight is 354 g/mol. The summed E-state index contributed by atoms with van der Waals surface area (Å²) in [6.45, 7) is 0.406. The van der Waals surface area contributed by atoms with Gasteiger partial charge in [0, 0.05) is 0 Å². The third kappa shape index (κ3) is 3.42. The van der Waals surface area contributed by atoms with Gasteiger partial charge in [-0.1, -0.05) is 18.2 Å². The lowest BCUT2D eigenvalue weighted by Gasteiger charge is -2.26. The first-order valence-corrected chi connectivity index (χ1v) is 8.83. The quantitative estimate of drug-likeness (QED) is 0.824. The number of carbonyl (C=O) groups excluding carboxylic acids is 1. The van der Waals surface area contributed by atoms with Crippen molar-refractivity contribution in [3.63, 3.8) is 0 Å². The molecule has 25 heavy (non-hydrogen) atoms. The fourth-order valence-corrected chi connectivity index (χ4v) is 4.07. The summed E-state index contributed by atoms with van der Waals surface area (Å²) >= 11 is 1.58. The van der Waals surface area contributed by atoms with E-state index in [1.807, 2.05) is 35.2 Å². The van der Waals surface area contributed by atoms with Crippen LogP contribution in [-0.4, -0.2) is 30.8 Å². The molecule has 1 aliphatic heterocycles. The topological polar surface area (TPSA) is 62.6 Å². The van der Waals surface area contributed by atoms with Crippen molar-refractivity contribution in [3.05, 3.63) is 59.2 Å². The molecule has 2 aromatic carbocycles. The van der Waals surface area contributed by atoms with E-state index in [4.69, 9.17) is 14.7 Å². The molecule has 0 radical (unpaired) electrons. The van der Waals surface area contributed by atoms with Crippen LogP contribution in [0, 0.1) is 11.3 Å². The number of hydrogen-bond acceptors (Lipinski definition) is 5. The van der Waals surface area contributed by atoms with Gasteiger partial charge in [0.25, 0.3) is 0 Å². The van der Waals surface area contributed by atoms with Crippen molar-refractivity contribution in [3.8, 4) is 17.6 Å². The molecule has 0 aromatic heterocycles. The summed E-state index contributed by atoms with van der Waals surface area (Å²) in [5.74, 6) is 1.90. The molecule has 1 aliphatic rings. The maximum atomic E-state index is 12.5. The van der Waals surface area contributed by atoms with E-state index in [0.29, 0.717) is 29.4 Å². The van der Waals surface area contributed by atoms with Gasteiger partial charge in [-0.3, -0.25) is 4.79 Å². The Morgan fingerprint density at radius 3 is 2.36 bits per heavy atom. The first-order chi connectivity index (χ1) is 12.2. The highest BCUT2D eigenvalue weighted by atomic mass is 32.2. The van der Waals surface area contributed by atoms with Gasteiger partial charge in [0.2, 0.25) is 5.91 Å². The molecule has 0 spiro atoms. The highest BCUT2D eigenvalue weighted by Gasteiger charge is 2.34. The Hall–Kier alpha value is -2.65. The van der Waals surface area contributed by atoms with Crippen LogP contribution < -0.4 is 9.47 Å². The predicted molar refractivity (Wildman–Crippen MR) is 96.5 cm³/mol. The van der Waals surface area contributed by atoms with Crippen molar-refractivity contribution in [1.82, 2.24) is 4.90 Å². The van der Waals surface area contributed by atoms with Gasteiger partial charge in [0.05, 0.1) is 43.7 Å². The number of nitriles is 1. The Labute approximate surface area is 151 Å². The van der Waals surface area contributed by atoms with Crippen molar-refractivity contribution in [2.75, 3.05) is 20.0 Å². The van der Waals surface area contributed by atoms with Gasteiger partial charge in [-0.15, -0.1) is 11.8 Å². The summed E-state index contributed by atoms with van der Waals surface area (Å²) in [6, 6.07) is 15.1. The van der Waals surface area contributed by atoms with Gasteiger partial charge in [-0.2, -0.15) is 5.26 Å². The molecule has 0 bridgehead atoms. The van der Waals surface area contributed by atoms with Gasteiger partial charge in [0.1, 0.15) is 16.9 Å². The highest BCUT2D eigenvalue weighted by Crippen LogP contribution is 2.41. The minimum Gasteiger partial charge on any atom is -0.496 e. The van der Waals surface area contributed by atoms with Crippen LogP contribution in [0.15, 0.2) is 42.5 Å². The van der Waals surface area contributed by atoms with E-state index in [1.54, 1.807) is 38.1 Å². The van der Waals surface area contributed by atoms with Crippen molar-refractivity contribution in [1.29, 1.82) is 5.26 Å². The number of methoxy groups -OCH3 is 2. The number of thioether (sulfide) groups is 1. The minimum absolute atomic E-state index is 0.0762. The number of ether oxygens (including phenoxy) is 2. The minimum atomic E-state index is -0.0881. The van der Waals surface area contributed by atoms with Crippen LogP contribution >= 0.6 is 11.8 Å². The summed E-state index contributed by atoms with van der Waals surface area (Å²) in [6.07, 6.45) is 0. The van der Waals surface area contributed by atoms with Crippen molar-refractivity contribution in [2.24, 2.45) is 0 Å². The third-order valence-electron chi connectivity index (χ3n) is 4.15. The van der Waals surface area contributed by atoms with Crippen molar-refractivity contribution in [2.45, 2.75) is 11.9 Å². The van der Waals surface area contributed by atoms with Crippen LogP contribution in [-0.2, 0) is 11.3 Å². The lowest BCUT2D eigenvalue weighted by Crippen LogP contribution is -2.28. The lowest BCUT2D eigenvalue weighted by atomic mass is 10.1. The Morgan fingerprint density at radius 2 is 1.80 bits per heavy atom. The summed E-state index contributed by atoms with van der Waals surface area (Å²) in [4.78, 5) is 14.3. The first-order valence-electron chi connectivity index (χ1n) is 7.79. The maximum Gasteiger partial charge on any atom is 0.234 e. The normalized spacial score (nSPS) is 16.6. The smallest absolute Gasteiger partial charge is 0.234 e. The molecule has 5 nitrogen and oxygen atoms in total. The second-order valence-corrected chi connectivity index (χ2v) is 6.63. The molecule has 0 N–H and O–H groups in total. The third-order valence-corrected chi connectivity index (χ3v) is 5.41. The Bertz CT molecular complexity index is 792. The van der Waals surface area contributed by atoms with Crippen LogP contribution in [0.5, 0.6) is 11.5 Å². The van der Waals surface area contributed by atoms with Gasteiger partial charge in [-0.05, 0) is 29.8 Å². The molecule has 3 rings (SSSR count). The zero-order valence-corrected chi connectivity index (χ0v) is 14.9. The first kappa shape index (κ1) is 17.2. The molecule has 128 valence electrons. The molecule has 0 aliphatic carbocycles. The lowest BCUT2D eigenvalue weighted by molar-refractivity contribution is -0.128. The Morgan fingerprint density at radius 1 is 1.16 bits per heavy atom. The SMILES string of the molecule is COc1cccc(OC)c1CN1C(=O)CSC1c1ccc(C#N)cc1.